The number of hydrogen-bond donors (Lipinski definition) is 0. The van der Waals surface area contributed by atoms with Crippen LogP contribution in [0.1, 0.15) is 27.7 Å². The van der Waals surface area contributed by atoms with Crippen molar-refractivity contribution in [3.05, 3.63) is 0 Å². The Morgan fingerprint density at radius 3 is 1.14 bits per heavy atom. The topological polar surface area (TPSA) is 137 Å². The van der Waals surface area contributed by atoms with E-state index in [1.807, 2.05) is 0 Å². The summed E-state index contributed by atoms with van der Waals surface area (Å²) < 4.78 is 17.6. The third kappa shape index (κ3) is 23.4. The summed E-state index contributed by atoms with van der Waals surface area (Å²) in [7, 11) is 0. The van der Waals surface area contributed by atoms with Crippen molar-refractivity contribution in [2.24, 2.45) is 0 Å². The Hall–Kier alpha value is -2.16. The Morgan fingerprint density at radius 1 is 0.667 bits per heavy atom. The highest BCUT2D eigenvalue weighted by molar-refractivity contribution is 5.75. The van der Waals surface area contributed by atoms with Gasteiger partial charge in [0.15, 0.2) is 13.2 Å². The van der Waals surface area contributed by atoms with Gasteiger partial charge in [-0.3, -0.25) is 9.59 Å². The molecule has 2 N–H and O–H groups in total. The smallest absolute Gasteiger partial charge is 0.344 e. The molecule has 0 aliphatic rings. The second-order valence-corrected chi connectivity index (χ2v) is 3.17. The lowest BCUT2D eigenvalue weighted by atomic mass is 10.7. The molecule has 9 nitrogen and oxygen atoms in total. The fourth-order valence-electron chi connectivity index (χ4n) is 0.726. The van der Waals surface area contributed by atoms with Crippen LogP contribution >= 0.6 is 0 Å². The van der Waals surface area contributed by atoms with E-state index < -0.39 is 23.9 Å². The van der Waals surface area contributed by atoms with Crippen LogP contribution in [-0.4, -0.2) is 55.8 Å². The van der Waals surface area contributed by atoms with E-state index in [4.69, 9.17) is 0 Å². The maximum absolute atomic E-state index is 10.4. The van der Waals surface area contributed by atoms with Crippen molar-refractivity contribution in [3.8, 4) is 0 Å². The van der Waals surface area contributed by atoms with Gasteiger partial charge in [-0.2, -0.15) is 0 Å². The van der Waals surface area contributed by atoms with Gasteiger partial charge in [-0.05, 0) is 13.8 Å². The molecule has 0 aromatic carbocycles. The number of esters is 4. The van der Waals surface area contributed by atoms with Crippen molar-refractivity contribution in [2.75, 3.05) is 26.4 Å². The summed E-state index contributed by atoms with van der Waals surface area (Å²) in [6.07, 6.45) is 0. The van der Waals surface area contributed by atoms with Gasteiger partial charge in [0.25, 0.3) is 0 Å². The fourth-order valence-corrected chi connectivity index (χ4v) is 0.726. The first kappa shape index (κ1) is 23.9. The second-order valence-electron chi connectivity index (χ2n) is 3.17. The largest absolute Gasteiger partial charge is 0.463 e. The molecule has 0 heterocycles. The zero-order valence-corrected chi connectivity index (χ0v) is 12.6. The van der Waals surface area contributed by atoms with E-state index in [1.165, 1.54) is 13.8 Å². The van der Waals surface area contributed by atoms with E-state index in [0.29, 0.717) is 13.2 Å². The minimum Gasteiger partial charge on any atom is -0.463 e. The van der Waals surface area contributed by atoms with E-state index >= 15 is 0 Å². The standard InChI is InChI=1S/2C6H10O4.H2O/c2*1-3-9-6(8)4-10-5(2)7;/h2*3-4H2,1-2H3;1H2. The van der Waals surface area contributed by atoms with Crippen LogP contribution < -0.4 is 0 Å². The normalized spacial score (nSPS) is 8.19. The Kier molecular flexibility index (Phi) is 18.1. The molecular formula is C12H22O9. The molecule has 21 heavy (non-hydrogen) atoms. The number of rotatable bonds is 6. The van der Waals surface area contributed by atoms with Crippen molar-refractivity contribution in [2.45, 2.75) is 27.7 Å². The van der Waals surface area contributed by atoms with Crippen LogP contribution in [-0.2, 0) is 38.1 Å². The van der Waals surface area contributed by atoms with E-state index in [1.54, 1.807) is 13.8 Å². The molecule has 0 unspecified atom stereocenters. The van der Waals surface area contributed by atoms with Crippen LogP contribution in [0.4, 0.5) is 0 Å². The minimum absolute atomic E-state index is 0. The summed E-state index contributed by atoms with van der Waals surface area (Å²) in [5, 5.41) is 0. The van der Waals surface area contributed by atoms with Crippen LogP contribution in [0.15, 0.2) is 0 Å². The predicted octanol–water partition coefficient (Wildman–Crippen LogP) is -0.599. The number of carbonyl (C=O) groups excluding carboxylic acids is 4. The fraction of sp³-hybridized carbons (Fsp3) is 0.667. The Bertz CT molecular complexity index is 293. The van der Waals surface area contributed by atoms with Crippen LogP contribution in [0, 0.1) is 0 Å². The Labute approximate surface area is 122 Å². The maximum atomic E-state index is 10.4. The van der Waals surface area contributed by atoms with Gasteiger partial charge in [0.05, 0.1) is 13.2 Å². The van der Waals surface area contributed by atoms with Gasteiger partial charge in [-0.15, -0.1) is 0 Å². The summed E-state index contributed by atoms with van der Waals surface area (Å²) in [6.45, 7) is 5.88. The zero-order chi connectivity index (χ0) is 16.0. The van der Waals surface area contributed by atoms with Crippen LogP contribution in [0.3, 0.4) is 0 Å². The number of carbonyl (C=O) groups is 4. The molecule has 0 aromatic heterocycles. The lowest BCUT2D eigenvalue weighted by Crippen LogP contribution is -2.14. The summed E-state index contributed by atoms with van der Waals surface area (Å²) in [5.41, 5.74) is 0. The summed E-state index contributed by atoms with van der Waals surface area (Å²) in [4.78, 5) is 41.1. The van der Waals surface area contributed by atoms with Gasteiger partial charge in [0.2, 0.25) is 0 Å². The van der Waals surface area contributed by atoms with Crippen molar-refractivity contribution in [3.63, 3.8) is 0 Å². The van der Waals surface area contributed by atoms with Gasteiger partial charge in [-0.25, -0.2) is 9.59 Å². The average Bonchev–Trinajstić information content (AvgIpc) is 2.35. The molecule has 0 radical (unpaired) electrons. The first-order valence-electron chi connectivity index (χ1n) is 5.91. The van der Waals surface area contributed by atoms with Crippen molar-refractivity contribution in [1.29, 1.82) is 0 Å². The number of hydrogen-bond acceptors (Lipinski definition) is 8. The van der Waals surface area contributed by atoms with Gasteiger partial charge < -0.3 is 24.4 Å². The SMILES string of the molecule is CCOC(=O)COC(C)=O.CCOC(=O)COC(C)=O.O. The Morgan fingerprint density at radius 2 is 0.952 bits per heavy atom. The molecule has 0 aliphatic carbocycles. The maximum Gasteiger partial charge on any atom is 0.344 e. The molecule has 0 saturated heterocycles. The minimum atomic E-state index is -0.516. The van der Waals surface area contributed by atoms with Gasteiger partial charge in [0, 0.05) is 13.8 Å². The van der Waals surface area contributed by atoms with E-state index in [9.17, 15) is 19.2 Å². The third-order valence-corrected chi connectivity index (χ3v) is 1.40. The molecule has 0 aromatic rings. The quantitative estimate of drug-likeness (QED) is 0.468. The average molecular weight is 310 g/mol. The highest BCUT2D eigenvalue weighted by Gasteiger charge is 2.02. The van der Waals surface area contributed by atoms with Gasteiger partial charge >= 0.3 is 23.9 Å². The first-order valence-corrected chi connectivity index (χ1v) is 5.91. The van der Waals surface area contributed by atoms with E-state index in [0.717, 1.165) is 0 Å². The molecule has 124 valence electrons. The van der Waals surface area contributed by atoms with E-state index in [-0.39, 0.29) is 18.7 Å². The molecule has 0 saturated carbocycles. The monoisotopic (exact) mass is 310 g/mol. The molecule has 0 bridgehead atoms. The molecule has 0 atom stereocenters. The molecule has 0 spiro atoms. The lowest BCUT2D eigenvalue weighted by Gasteiger charge is -2.00. The molecule has 0 aliphatic heterocycles. The van der Waals surface area contributed by atoms with Gasteiger partial charge in [0.1, 0.15) is 0 Å². The van der Waals surface area contributed by atoms with Crippen LogP contribution in [0.5, 0.6) is 0 Å². The molecule has 0 amide bonds. The molecule has 0 fully saturated rings. The second kappa shape index (κ2) is 15.9. The van der Waals surface area contributed by atoms with Crippen molar-refractivity contribution < 1.29 is 43.6 Å². The molecule has 9 heteroatoms. The molecular weight excluding hydrogens is 288 g/mol. The van der Waals surface area contributed by atoms with Crippen LogP contribution in [0.2, 0.25) is 0 Å². The lowest BCUT2D eigenvalue weighted by molar-refractivity contribution is -0.157. The highest BCUT2D eigenvalue weighted by atomic mass is 16.6. The molecule has 0 rings (SSSR count). The van der Waals surface area contributed by atoms with Gasteiger partial charge in [-0.1, -0.05) is 0 Å². The van der Waals surface area contributed by atoms with Crippen LogP contribution in [0.25, 0.3) is 0 Å². The Balaban J connectivity index is -0.000000295. The van der Waals surface area contributed by atoms with Crippen molar-refractivity contribution >= 4 is 23.9 Å². The highest BCUT2D eigenvalue weighted by Crippen LogP contribution is 1.81. The predicted molar refractivity (Wildman–Crippen MR) is 70.1 cm³/mol. The summed E-state index contributed by atoms with van der Waals surface area (Å²) in [6, 6.07) is 0. The zero-order valence-electron chi connectivity index (χ0n) is 12.6. The number of ether oxygens (including phenoxy) is 4. The third-order valence-electron chi connectivity index (χ3n) is 1.40. The van der Waals surface area contributed by atoms with E-state index in [2.05, 4.69) is 18.9 Å². The van der Waals surface area contributed by atoms with Crippen molar-refractivity contribution in [1.82, 2.24) is 0 Å². The summed E-state index contributed by atoms with van der Waals surface area (Å²) >= 11 is 0. The first-order chi connectivity index (χ1) is 9.33. The summed E-state index contributed by atoms with van der Waals surface area (Å²) in [5.74, 6) is -1.99.